The number of pyridine rings is 1. The maximum absolute atomic E-state index is 14.0. The molecule has 0 saturated heterocycles. The molecular formula is C36H32F6N3NaO4. The minimum atomic E-state index is -4.76. The van der Waals surface area contributed by atoms with Gasteiger partial charge in [0.05, 0.1) is 42.7 Å². The Labute approximate surface area is 307 Å². The molecular weight excluding hydrogens is 675 g/mol. The Hall–Kier alpha value is -4.25. The monoisotopic (exact) mass is 707 g/mol. The van der Waals surface area contributed by atoms with Crippen molar-refractivity contribution in [3.05, 3.63) is 106 Å². The fraction of sp³-hybridized carbons (Fsp3) is 0.306. The second-order valence-electron chi connectivity index (χ2n) is 11.5. The number of anilines is 1. The summed E-state index contributed by atoms with van der Waals surface area (Å²) >= 11 is 0. The van der Waals surface area contributed by atoms with Crippen molar-refractivity contribution in [2.24, 2.45) is 0 Å². The van der Waals surface area contributed by atoms with Crippen molar-refractivity contribution in [2.45, 2.75) is 58.0 Å². The van der Waals surface area contributed by atoms with Crippen LogP contribution in [0.15, 0.2) is 72.9 Å². The second-order valence-corrected chi connectivity index (χ2v) is 11.5. The maximum atomic E-state index is 14.0. The van der Waals surface area contributed by atoms with Gasteiger partial charge in [0, 0.05) is 24.6 Å². The summed E-state index contributed by atoms with van der Waals surface area (Å²) in [7, 11) is 1.44. The topological polar surface area (TPSA) is 98.5 Å². The van der Waals surface area contributed by atoms with Gasteiger partial charge >= 0.3 is 41.9 Å². The molecule has 50 heavy (non-hydrogen) atoms. The molecule has 0 radical (unpaired) electrons. The average Bonchev–Trinajstić information content (AvgIpc) is 3.05. The van der Waals surface area contributed by atoms with Crippen LogP contribution in [-0.2, 0) is 30.2 Å². The average molecular weight is 708 g/mol. The zero-order chi connectivity index (χ0) is 35.9. The van der Waals surface area contributed by atoms with Crippen LogP contribution in [0.2, 0.25) is 0 Å². The number of hydrogen-bond donors (Lipinski definition) is 0. The number of nitriles is 1. The van der Waals surface area contributed by atoms with Crippen LogP contribution in [0.4, 0.5) is 32.2 Å². The zero-order valence-corrected chi connectivity index (χ0v) is 29.8. The fourth-order valence-corrected chi connectivity index (χ4v) is 5.17. The SMILES string of the molecule is COc1ccc(C(C)C)cc1-c1ccc(C(F)(F)F)cc1CN(Cc1cc(C#N)cc(C(F)(F)F)c1)c1ccc(OCCCC(=O)[O-])cn1.[Na+]. The van der Waals surface area contributed by atoms with Crippen molar-refractivity contribution < 1.29 is 75.3 Å². The van der Waals surface area contributed by atoms with Crippen LogP contribution in [0.3, 0.4) is 0 Å². The molecule has 0 fully saturated rings. The smallest absolute Gasteiger partial charge is 0.550 e. The van der Waals surface area contributed by atoms with Crippen molar-refractivity contribution in [3.63, 3.8) is 0 Å². The van der Waals surface area contributed by atoms with E-state index in [-0.39, 0.29) is 96.3 Å². The van der Waals surface area contributed by atoms with Crippen LogP contribution in [-0.4, -0.2) is 24.7 Å². The third-order valence-electron chi connectivity index (χ3n) is 7.64. The quantitative estimate of drug-likeness (QED) is 0.111. The van der Waals surface area contributed by atoms with E-state index in [4.69, 9.17) is 9.47 Å². The molecule has 4 rings (SSSR count). The van der Waals surface area contributed by atoms with E-state index < -0.39 is 29.4 Å². The first kappa shape index (κ1) is 40.2. The van der Waals surface area contributed by atoms with Gasteiger partial charge in [-0.15, -0.1) is 0 Å². The summed E-state index contributed by atoms with van der Waals surface area (Å²) in [5.74, 6) is -0.289. The number of benzene rings is 3. The minimum Gasteiger partial charge on any atom is -0.550 e. The summed E-state index contributed by atoms with van der Waals surface area (Å²) in [5.41, 5.74) is -0.122. The van der Waals surface area contributed by atoms with Gasteiger partial charge in [-0.05, 0) is 95.6 Å². The summed E-state index contributed by atoms with van der Waals surface area (Å²) in [6, 6.07) is 16.3. The van der Waals surface area contributed by atoms with Crippen LogP contribution in [0.5, 0.6) is 11.5 Å². The zero-order valence-electron chi connectivity index (χ0n) is 27.8. The van der Waals surface area contributed by atoms with E-state index in [0.717, 1.165) is 29.8 Å². The molecule has 3 aromatic carbocycles. The van der Waals surface area contributed by atoms with E-state index in [2.05, 4.69) is 4.98 Å². The van der Waals surface area contributed by atoms with E-state index in [1.807, 2.05) is 26.0 Å². The summed E-state index contributed by atoms with van der Waals surface area (Å²) < 4.78 is 94.5. The van der Waals surface area contributed by atoms with E-state index in [1.54, 1.807) is 12.1 Å². The summed E-state index contributed by atoms with van der Waals surface area (Å²) in [6.45, 7) is 3.47. The molecule has 7 nitrogen and oxygen atoms in total. The molecule has 14 heteroatoms. The number of aliphatic carboxylic acids is 1. The fourth-order valence-electron chi connectivity index (χ4n) is 5.17. The number of carboxylic acids is 1. The van der Waals surface area contributed by atoms with Crippen molar-refractivity contribution in [1.29, 1.82) is 5.26 Å². The molecule has 1 aromatic heterocycles. The number of carbonyl (C=O) groups excluding carboxylic acids is 1. The van der Waals surface area contributed by atoms with E-state index >= 15 is 0 Å². The van der Waals surface area contributed by atoms with Crippen LogP contribution in [0.25, 0.3) is 11.1 Å². The van der Waals surface area contributed by atoms with Crippen molar-refractivity contribution in [1.82, 2.24) is 4.98 Å². The number of alkyl halides is 6. The summed E-state index contributed by atoms with van der Waals surface area (Å²) in [5, 5.41) is 20.1. The van der Waals surface area contributed by atoms with E-state index in [9.17, 15) is 41.5 Å². The van der Waals surface area contributed by atoms with Gasteiger partial charge in [0.15, 0.2) is 0 Å². The molecule has 0 aliphatic heterocycles. The van der Waals surface area contributed by atoms with Gasteiger partial charge in [0.1, 0.15) is 17.3 Å². The number of rotatable bonds is 13. The largest absolute Gasteiger partial charge is 1.00 e. The van der Waals surface area contributed by atoms with E-state index in [1.165, 1.54) is 42.5 Å². The molecule has 0 bridgehead atoms. The molecule has 0 aliphatic rings. The Morgan fingerprint density at radius 1 is 0.920 bits per heavy atom. The number of hydrogen-bond acceptors (Lipinski definition) is 7. The molecule has 258 valence electrons. The first-order chi connectivity index (χ1) is 23.1. The standard InChI is InChI=1S/C36H33F6N3O4.Na/c1-22(2)25-6-10-32(48-3)31(17-25)30-9-7-27(35(37,38)39)16-26(30)21-45(20-24-13-23(18-43)14-28(15-24)36(40,41)42)33-11-8-29(19-44-33)49-12-4-5-34(46)47;/h6-11,13-17,19,22H,4-5,12,20-21H2,1-3H3,(H,46,47);/q;+1/p-1. The maximum Gasteiger partial charge on any atom is 1.00 e. The Balaban J connectivity index is 0.00000676. The predicted molar refractivity (Wildman–Crippen MR) is 168 cm³/mol. The molecule has 0 N–H and O–H groups in total. The van der Waals surface area contributed by atoms with Crippen molar-refractivity contribution in [2.75, 3.05) is 18.6 Å². The van der Waals surface area contributed by atoms with Crippen molar-refractivity contribution in [3.8, 4) is 28.7 Å². The van der Waals surface area contributed by atoms with Gasteiger partial charge in [-0.25, -0.2) is 4.98 Å². The Kier molecular flexibility index (Phi) is 13.8. The van der Waals surface area contributed by atoms with Gasteiger partial charge in [-0.1, -0.05) is 26.0 Å². The van der Waals surface area contributed by atoms with Gasteiger partial charge in [0.25, 0.3) is 0 Å². The van der Waals surface area contributed by atoms with Gasteiger partial charge in [-0.2, -0.15) is 31.6 Å². The summed E-state index contributed by atoms with van der Waals surface area (Å²) in [4.78, 5) is 16.6. The Morgan fingerprint density at radius 2 is 1.64 bits per heavy atom. The van der Waals surface area contributed by atoms with Crippen LogP contribution < -0.4 is 49.0 Å². The number of aromatic nitrogens is 1. The van der Waals surface area contributed by atoms with Gasteiger partial charge < -0.3 is 24.3 Å². The molecule has 0 amide bonds. The Morgan fingerprint density at radius 3 is 2.22 bits per heavy atom. The molecule has 0 saturated carbocycles. The molecule has 1 heterocycles. The second kappa shape index (κ2) is 17.1. The predicted octanol–water partition coefficient (Wildman–Crippen LogP) is 4.91. The first-order valence-electron chi connectivity index (χ1n) is 15.1. The number of ether oxygens (including phenoxy) is 2. The number of methoxy groups -OCH3 is 1. The van der Waals surface area contributed by atoms with E-state index in [0.29, 0.717) is 16.9 Å². The molecule has 0 spiro atoms. The number of halogens is 6. The van der Waals surface area contributed by atoms with Crippen LogP contribution >= 0.6 is 0 Å². The number of nitrogens with zero attached hydrogens (tertiary/aromatic N) is 3. The molecule has 0 atom stereocenters. The minimum absolute atomic E-state index is 0. The third kappa shape index (κ3) is 10.6. The number of carboxylic acid groups (broad SMARTS) is 1. The van der Waals surface area contributed by atoms with Gasteiger partial charge in [-0.3, -0.25) is 0 Å². The molecule has 0 aliphatic carbocycles. The summed E-state index contributed by atoms with van der Waals surface area (Å²) in [6.07, 6.45) is -8.18. The molecule has 0 unspecified atom stereocenters. The Bertz CT molecular complexity index is 1820. The molecule has 4 aromatic rings. The third-order valence-corrected chi connectivity index (χ3v) is 7.64. The van der Waals surface area contributed by atoms with Crippen LogP contribution in [0.1, 0.15) is 66.0 Å². The normalized spacial score (nSPS) is 11.5. The van der Waals surface area contributed by atoms with Gasteiger partial charge in [0.2, 0.25) is 0 Å². The van der Waals surface area contributed by atoms with Crippen molar-refractivity contribution >= 4 is 11.8 Å². The number of carbonyl (C=O) groups is 1. The van der Waals surface area contributed by atoms with Crippen LogP contribution in [0, 0.1) is 11.3 Å². The first-order valence-corrected chi connectivity index (χ1v) is 15.1.